The van der Waals surface area contributed by atoms with E-state index >= 15 is 0 Å². The van der Waals surface area contributed by atoms with E-state index in [1.54, 1.807) is 18.2 Å². The summed E-state index contributed by atoms with van der Waals surface area (Å²) in [4.78, 5) is 21.8. The average molecular weight is 289 g/mol. The Balaban J connectivity index is 3.20. The van der Waals surface area contributed by atoms with Crippen LogP contribution in [0.25, 0.3) is 0 Å². The number of hydrogen-bond acceptors (Lipinski definition) is 2. The number of hydrogen-bond donors (Lipinski definition) is 1. The normalized spacial score (nSPS) is 9.69. The lowest BCUT2D eigenvalue weighted by molar-refractivity contribution is 0.0992. The molecule has 0 aliphatic rings. The van der Waals surface area contributed by atoms with Crippen LogP contribution in [0.4, 0.5) is 0 Å². The third kappa shape index (κ3) is 2.27. The van der Waals surface area contributed by atoms with E-state index in [0.717, 1.165) is 0 Å². The number of benzene rings is 1. The maximum atomic E-state index is 11.0. The summed E-state index contributed by atoms with van der Waals surface area (Å²) < 4.78 is 0.706. The number of rotatable bonds is 2. The van der Waals surface area contributed by atoms with Crippen molar-refractivity contribution in [3.63, 3.8) is 0 Å². The highest BCUT2D eigenvalue weighted by atomic mass is 127. The Bertz CT molecular complexity index is 374. The summed E-state index contributed by atoms with van der Waals surface area (Å²) >= 11 is 1.98. The van der Waals surface area contributed by atoms with Crippen LogP contribution >= 0.6 is 22.6 Å². The molecule has 0 unspecified atom stereocenters. The van der Waals surface area contributed by atoms with Crippen molar-refractivity contribution < 1.29 is 9.59 Å². The fourth-order valence-electron chi connectivity index (χ4n) is 0.934. The van der Waals surface area contributed by atoms with E-state index in [0.29, 0.717) is 14.7 Å². The smallest absolute Gasteiger partial charge is 0.249 e. The zero-order chi connectivity index (χ0) is 10.0. The molecule has 0 aromatic heterocycles. The lowest BCUT2D eigenvalue weighted by atomic mass is 10.1. The van der Waals surface area contributed by atoms with Crippen LogP contribution in [0.3, 0.4) is 0 Å². The van der Waals surface area contributed by atoms with Gasteiger partial charge in [-0.2, -0.15) is 0 Å². The van der Waals surface area contributed by atoms with E-state index in [1.807, 2.05) is 22.6 Å². The monoisotopic (exact) mass is 289 g/mol. The number of amides is 1. The van der Waals surface area contributed by atoms with Gasteiger partial charge in [-0.05, 0) is 41.6 Å². The van der Waals surface area contributed by atoms with Crippen molar-refractivity contribution >= 4 is 34.3 Å². The van der Waals surface area contributed by atoms with Crippen LogP contribution < -0.4 is 5.73 Å². The number of carbonyl (C=O) groups excluding carboxylic acids is 2. The van der Waals surface area contributed by atoms with Gasteiger partial charge < -0.3 is 5.73 Å². The number of nitrogens with two attached hydrogens (primary N) is 1. The highest BCUT2D eigenvalue weighted by Gasteiger charge is 2.07. The highest BCUT2D eigenvalue weighted by molar-refractivity contribution is 14.1. The number of Topliss-reactive ketones (excluding diaryl/α,β-unsaturated/α-hetero) is 1. The predicted molar refractivity (Wildman–Crippen MR) is 57.7 cm³/mol. The average Bonchev–Trinajstić information content (AvgIpc) is 2.03. The van der Waals surface area contributed by atoms with Crippen molar-refractivity contribution in [2.75, 3.05) is 0 Å². The minimum absolute atomic E-state index is 0.0195. The minimum Gasteiger partial charge on any atom is -0.366 e. The van der Waals surface area contributed by atoms with Gasteiger partial charge in [-0.1, -0.05) is 6.07 Å². The van der Waals surface area contributed by atoms with Gasteiger partial charge in [0.05, 0.1) is 5.56 Å². The molecule has 1 amide bonds. The summed E-state index contributed by atoms with van der Waals surface area (Å²) in [5, 5.41) is 0. The lowest BCUT2D eigenvalue weighted by Crippen LogP contribution is -2.13. The molecule has 0 saturated carbocycles. The highest BCUT2D eigenvalue weighted by Crippen LogP contribution is 2.14. The molecule has 0 aliphatic heterocycles. The van der Waals surface area contributed by atoms with Gasteiger partial charge in [0.25, 0.3) is 0 Å². The van der Waals surface area contributed by atoms with Crippen LogP contribution in [0, 0.1) is 3.57 Å². The molecule has 0 bridgehead atoms. The van der Waals surface area contributed by atoms with E-state index in [-0.39, 0.29) is 5.78 Å². The third-order valence-electron chi connectivity index (χ3n) is 1.64. The van der Waals surface area contributed by atoms with Gasteiger partial charge in [0.2, 0.25) is 5.91 Å². The second-order valence-electron chi connectivity index (χ2n) is 2.62. The van der Waals surface area contributed by atoms with Crippen LogP contribution in [0.1, 0.15) is 27.6 Å². The molecule has 0 heterocycles. The third-order valence-corrected chi connectivity index (χ3v) is 2.53. The van der Waals surface area contributed by atoms with Crippen LogP contribution in [0.2, 0.25) is 0 Å². The fourth-order valence-corrected chi connectivity index (χ4v) is 1.72. The molecule has 2 N–H and O–H groups in total. The topological polar surface area (TPSA) is 60.2 Å². The first-order valence-electron chi connectivity index (χ1n) is 3.62. The first-order valence-corrected chi connectivity index (χ1v) is 4.70. The van der Waals surface area contributed by atoms with Gasteiger partial charge in [0, 0.05) is 9.13 Å². The number of primary amides is 1. The predicted octanol–water partition coefficient (Wildman–Crippen LogP) is 1.59. The lowest BCUT2D eigenvalue weighted by Gasteiger charge is -2.01. The first kappa shape index (κ1) is 10.2. The fraction of sp³-hybridized carbons (Fsp3) is 0.111. The summed E-state index contributed by atoms with van der Waals surface area (Å²) in [6.45, 7) is 1.48. The van der Waals surface area contributed by atoms with Gasteiger partial charge in [-0.25, -0.2) is 0 Å². The number of ketones is 1. The molecule has 0 fully saturated rings. The van der Waals surface area contributed by atoms with Gasteiger partial charge in [0.1, 0.15) is 0 Å². The standard InChI is InChI=1S/C9H8INO2/c1-5(12)6-2-3-7(9(11)13)8(10)4-6/h2-4H,1H3,(H2,11,13). The molecular weight excluding hydrogens is 281 g/mol. The van der Waals surface area contributed by atoms with Gasteiger partial charge >= 0.3 is 0 Å². The largest absolute Gasteiger partial charge is 0.366 e. The zero-order valence-corrected chi connectivity index (χ0v) is 9.16. The molecule has 0 aliphatic carbocycles. The Labute approximate surface area is 89.5 Å². The molecule has 1 aromatic rings. The summed E-state index contributed by atoms with van der Waals surface area (Å²) in [6, 6.07) is 4.83. The molecule has 1 rings (SSSR count). The second-order valence-corrected chi connectivity index (χ2v) is 3.78. The molecule has 4 heteroatoms. The van der Waals surface area contributed by atoms with Crippen LogP contribution in [-0.4, -0.2) is 11.7 Å². The summed E-state index contributed by atoms with van der Waals surface area (Å²) in [5.41, 5.74) is 6.15. The first-order chi connectivity index (χ1) is 6.02. The zero-order valence-electron chi connectivity index (χ0n) is 7.00. The van der Waals surface area contributed by atoms with Gasteiger partial charge in [0.15, 0.2) is 5.78 Å². The maximum absolute atomic E-state index is 11.0. The van der Waals surface area contributed by atoms with E-state index in [2.05, 4.69) is 0 Å². The van der Waals surface area contributed by atoms with Crippen molar-refractivity contribution in [1.29, 1.82) is 0 Å². The van der Waals surface area contributed by atoms with E-state index in [1.165, 1.54) is 6.92 Å². The quantitative estimate of drug-likeness (QED) is 0.664. The van der Waals surface area contributed by atoms with E-state index in [4.69, 9.17) is 5.73 Å². The molecule has 0 spiro atoms. The second kappa shape index (κ2) is 3.87. The molecule has 0 atom stereocenters. The SMILES string of the molecule is CC(=O)c1ccc(C(N)=O)c(I)c1. The van der Waals surface area contributed by atoms with Crippen molar-refractivity contribution in [3.05, 3.63) is 32.9 Å². The summed E-state index contributed by atoms with van der Waals surface area (Å²) in [6.07, 6.45) is 0. The summed E-state index contributed by atoms with van der Waals surface area (Å²) in [5.74, 6) is -0.492. The molecule has 0 saturated heterocycles. The van der Waals surface area contributed by atoms with E-state index < -0.39 is 5.91 Å². The molecule has 3 nitrogen and oxygen atoms in total. The van der Waals surface area contributed by atoms with Crippen molar-refractivity contribution in [1.82, 2.24) is 0 Å². The van der Waals surface area contributed by atoms with Crippen molar-refractivity contribution in [3.8, 4) is 0 Å². The van der Waals surface area contributed by atoms with Crippen molar-refractivity contribution in [2.45, 2.75) is 6.92 Å². The Kier molecular flexibility index (Phi) is 3.02. The van der Waals surface area contributed by atoms with Crippen LogP contribution in [0.15, 0.2) is 18.2 Å². The maximum Gasteiger partial charge on any atom is 0.249 e. The molecule has 1 aromatic carbocycles. The van der Waals surface area contributed by atoms with Gasteiger partial charge in [-0.3, -0.25) is 9.59 Å². The van der Waals surface area contributed by atoms with Crippen LogP contribution in [0.5, 0.6) is 0 Å². The van der Waals surface area contributed by atoms with E-state index in [9.17, 15) is 9.59 Å². The summed E-state index contributed by atoms with van der Waals surface area (Å²) in [7, 11) is 0. The molecule has 13 heavy (non-hydrogen) atoms. The number of halogens is 1. The van der Waals surface area contributed by atoms with Crippen LogP contribution in [-0.2, 0) is 0 Å². The Hall–Kier alpha value is -0.910. The minimum atomic E-state index is -0.473. The molecular formula is C9H8INO2. The Morgan fingerprint density at radius 1 is 1.38 bits per heavy atom. The molecule has 0 radical (unpaired) electrons. The van der Waals surface area contributed by atoms with Gasteiger partial charge in [-0.15, -0.1) is 0 Å². The van der Waals surface area contributed by atoms with Crippen molar-refractivity contribution in [2.24, 2.45) is 5.73 Å². The Morgan fingerprint density at radius 3 is 2.38 bits per heavy atom. The Morgan fingerprint density at radius 2 is 2.00 bits per heavy atom. The molecule has 68 valence electrons. The number of carbonyl (C=O) groups is 2.